The smallest absolute Gasteiger partial charge is 0.354 e. The molecule has 1 heterocycles. The van der Waals surface area contributed by atoms with Crippen LogP contribution in [-0.4, -0.2) is 43.0 Å². The minimum Gasteiger partial charge on any atom is -0.354 e. The van der Waals surface area contributed by atoms with E-state index in [1.807, 2.05) is 19.0 Å². The second-order valence-electron chi connectivity index (χ2n) is 5.73. The molecule has 0 saturated heterocycles. The van der Waals surface area contributed by atoms with Gasteiger partial charge in [-0.15, -0.1) is 0 Å². The van der Waals surface area contributed by atoms with Crippen molar-refractivity contribution >= 4 is 17.3 Å². The SMILES string of the molecule is CN(C)CCNC(=O)c1cncc(Nc2cccc(C(F)(F)F)c2)c1. The van der Waals surface area contributed by atoms with Gasteiger partial charge in [-0.1, -0.05) is 6.07 Å². The van der Waals surface area contributed by atoms with Crippen molar-refractivity contribution in [1.82, 2.24) is 15.2 Å². The molecule has 0 spiro atoms. The summed E-state index contributed by atoms with van der Waals surface area (Å²) in [7, 11) is 3.79. The van der Waals surface area contributed by atoms with Crippen LogP contribution in [0.4, 0.5) is 24.5 Å². The number of amides is 1. The Balaban J connectivity index is 2.08. The lowest BCUT2D eigenvalue weighted by Gasteiger charge is -2.12. The predicted octanol–water partition coefficient (Wildman–Crippen LogP) is 3.14. The van der Waals surface area contributed by atoms with Crippen LogP contribution >= 0.6 is 0 Å². The Morgan fingerprint density at radius 3 is 2.60 bits per heavy atom. The van der Waals surface area contributed by atoms with Crippen LogP contribution in [0.2, 0.25) is 0 Å². The lowest BCUT2D eigenvalue weighted by atomic mass is 10.2. The van der Waals surface area contributed by atoms with Crippen molar-refractivity contribution in [3.05, 3.63) is 53.9 Å². The van der Waals surface area contributed by atoms with Crippen molar-refractivity contribution in [2.75, 3.05) is 32.5 Å². The van der Waals surface area contributed by atoms with E-state index < -0.39 is 11.7 Å². The Morgan fingerprint density at radius 2 is 1.92 bits per heavy atom. The van der Waals surface area contributed by atoms with E-state index in [2.05, 4.69) is 15.6 Å². The quantitative estimate of drug-likeness (QED) is 0.839. The molecule has 0 saturated carbocycles. The van der Waals surface area contributed by atoms with Gasteiger partial charge in [0.2, 0.25) is 0 Å². The Labute approximate surface area is 143 Å². The Morgan fingerprint density at radius 1 is 1.16 bits per heavy atom. The largest absolute Gasteiger partial charge is 0.416 e. The van der Waals surface area contributed by atoms with Gasteiger partial charge in [0.1, 0.15) is 0 Å². The van der Waals surface area contributed by atoms with Crippen molar-refractivity contribution in [2.24, 2.45) is 0 Å². The van der Waals surface area contributed by atoms with Crippen LogP contribution in [0, 0.1) is 0 Å². The van der Waals surface area contributed by atoms with E-state index in [0.29, 0.717) is 24.3 Å². The van der Waals surface area contributed by atoms with Crippen molar-refractivity contribution in [2.45, 2.75) is 6.18 Å². The third kappa shape index (κ3) is 5.75. The normalized spacial score (nSPS) is 11.4. The Hall–Kier alpha value is -2.61. The van der Waals surface area contributed by atoms with Gasteiger partial charge in [-0.2, -0.15) is 13.2 Å². The molecule has 25 heavy (non-hydrogen) atoms. The van der Waals surface area contributed by atoms with Crippen LogP contribution in [0.5, 0.6) is 0 Å². The highest BCUT2D eigenvalue weighted by molar-refractivity contribution is 5.94. The number of hydrogen-bond donors (Lipinski definition) is 2. The maximum atomic E-state index is 12.8. The van der Waals surface area contributed by atoms with Crippen LogP contribution in [0.3, 0.4) is 0 Å². The Kier molecular flexibility index (Phi) is 5.97. The molecule has 8 heteroatoms. The number of anilines is 2. The summed E-state index contributed by atoms with van der Waals surface area (Å²) in [5.74, 6) is -0.290. The fourth-order valence-electron chi connectivity index (χ4n) is 2.07. The molecule has 2 N–H and O–H groups in total. The van der Waals surface area contributed by atoms with Gasteiger partial charge in [-0.05, 0) is 38.4 Å². The zero-order chi connectivity index (χ0) is 18.4. The number of carbonyl (C=O) groups is 1. The predicted molar refractivity (Wildman–Crippen MR) is 89.9 cm³/mol. The summed E-state index contributed by atoms with van der Waals surface area (Å²) in [6.45, 7) is 1.18. The highest BCUT2D eigenvalue weighted by Crippen LogP contribution is 2.31. The molecule has 0 radical (unpaired) electrons. The van der Waals surface area contributed by atoms with E-state index in [0.717, 1.165) is 12.1 Å². The molecule has 1 aromatic carbocycles. The van der Waals surface area contributed by atoms with Gasteiger partial charge in [0.15, 0.2) is 0 Å². The fraction of sp³-hybridized carbons (Fsp3) is 0.294. The molecular formula is C17H19F3N4O. The second kappa shape index (κ2) is 7.98. The van der Waals surface area contributed by atoms with Crippen LogP contribution in [-0.2, 0) is 6.18 Å². The topological polar surface area (TPSA) is 57.3 Å². The molecule has 0 fully saturated rings. The van der Waals surface area contributed by atoms with E-state index in [1.165, 1.54) is 30.6 Å². The van der Waals surface area contributed by atoms with Crippen molar-refractivity contribution in [3.8, 4) is 0 Å². The number of hydrogen-bond acceptors (Lipinski definition) is 4. The number of likely N-dealkylation sites (N-methyl/N-ethyl adjacent to an activating group) is 1. The third-order valence-corrected chi connectivity index (χ3v) is 3.32. The highest BCUT2D eigenvalue weighted by Gasteiger charge is 2.30. The highest BCUT2D eigenvalue weighted by atomic mass is 19.4. The van der Waals surface area contributed by atoms with Gasteiger partial charge in [-0.3, -0.25) is 9.78 Å². The molecule has 2 aromatic rings. The van der Waals surface area contributed by atoms with Crippen LogP contribution in [0.1, 0.15) is 15.9 Å². The first-order valence-corrected chi connectivity index (χ1v) is 7.58. The fourth-order valence-corrected chi connectivity index (χ4v) is 2.07. The van der Waals surface area contributed by atoms with E-state index in [1.54, 1.807) is 0 Å². The van der Waals surface area contributed by atoms with Crippen molar-refractivity contribution < 1.29 is 18.0 Å². The summed E-state index contributed by atoms with van der Waals surface area (Å²) in [4.78, 5) is 18.0. The summed E-state index contributed by atoms with van der Waals surface area (Å²) >= 11 is 0. The lowest BCUT2D eigenvalue weighted by Crippen LogP contribution is -2.31. The van der Waals surface area contributed by atoms with Crippen LogP contribution in [0.25, 0.3) is 0 Å². The molecule has 0 atom stereocenters. The number of carbonyl (C=O) groups excluding carboxylic acids is 1. The molecule has 1 aromatic heterocycles. The van der Waals surface area contributed by atoms with E-state index >= 15 is 0 Å². The minimum atomic E-state index is -4.41. The van der Waals surface area contributed by atoms with Gasteiger partial charge in [0.05, 0.1) is 23.0 Å². The van der Waals surface area contributed by atoms with Gasteiger partial charge < -0.3 is 15.5 Å². The molecule has 0 aliphatic rings. The summed E-state index contributed by atoms with van der Waals surface area (Å²) in [6.07, 6.45) is -1.57. The minimum absolute atomic E-state index is 0.266. The molecule has 134 valence electrons. The lowest BCUT2D eigenvalue weighted by molar-refractivity contribution is -0.137. The van der Waals surface area contributed by atoms with Gasteiger partial charge >= 0.3 is 6.18 Å². The zero-order valence-corrected chi connectivity index (χ0v) is 13.9. The van der Waals surface area contributed by atoms with Gasteiger partial charge in [-0.25, -0.2) is 0 Å². The third-order valence-electron chi connectivity index (χ3n) is 3.32. The molecular weight excluding hydrogens is 333 g/mol. The number of alkyl halides is 3. The van der Waals surface area contributed by atoms with E-state index in [9.17, 15) is 18.0 Å². The summed E-state index contributed by atoms with van der Waals surface area (Å²) in [5.41, 5.74) is 0.278. The average molecular weight is 352 g/mol. The van der Waals surface area contributed by atoms with E-state index in [-0.39, 0.29) is 11.6 Å². The molecule has 1 amide bonds. The van der Waals surface area contributed by atoms with Crippen molar-refractivity contribution in [1.29, 1.82) is 0 Å². The molecule has 2 rings (SSSR count). The number of aromatic nitrogens is 1. The molecule has 0 aliphatic carbocycles. The standard InChI is InChI=1S/C17H19F3N4O/c1-24(2)7-6-22-16(25)12-8-15(11-21-10-12)23-14-5-3-4-13(9-14)17(18,19)20/h3-5,8-11,23H,6-7H2,1-2H3,(H,22,25). The van der Waals surface area contributed by atoms with Gasteiger partial charge in [0, 0.05) is 25.0 Å². The number of nitrogens with zero attached hydrogens (tertiary/aromatic N) is 2. The van der Waals surface area contributed by atoms with Gasteiger partial charge in [0.25, 0.3) is 5.91 Å². The van der Waals surface area contributed by atoms with Crippen LogP contribution < -0.4 is 10.6 Å². The second-order valence-corrected chi connectivity index (χ2v) is 5.73. The first-order valence-electron chi connectivity index (χ1n) is 7.58. The van der Waals surface area contributed by atoms with Crippen molar-refractivity contribution in [3.63, 3.8) is 0 Å². The maximum Gasteiger partial charge on any atom is 0.416 e. The number of halogens is 3. The first-order chi connectivity index (χ1) is 11.8. The summed E-state index contributed by atoms with van der Waals surface area (Å²) in [5, 5.41) is 5.59. The average Bonchev–Trinajstić information content (AvgIpc) is 2.54. The molecule has 0 bridgehead atoms. The first kappa shape index (κ1) is 18.7. The molecule has 5 nitrogen and oxygen atoms in total. The molecule has 0 unspecified atom stereocenters. The molecule has 0 aliphatic heterocycles. The van der Waals surface area contributed by atoms with Crippen LogP contribution in [0.15, 0.2) is 42.7 Å². The monoisotopic (exact) mass is 352 g/mol. The zero-order valence-electron chi connectivity index (χ0n) is 13.9. The number of pyridine rings is 1. The summed E-state index contributed by atoms with van der Waals surface area (Å²) < 4.78 is 38.3. The Bertz CT molecular complexity index is 732. The summed E-state index contributed by atoms with van der Waals surface area (Å²) in [6, 6.07) is 6.37. The maximum absolute atomic E-state index is 12.8. The number of nitrogens with one attached hydrogen (secondary N) is 2. The van der Waals surface area contributed by atoms with E-state index in [4.69, 9.17) is 0 Å². The number of rotatable bonds is 6. The number of benzene rings is 1.